The minimum atomic E-state index is -3.69. The topological polar surface area (TPSA) is 94.2 Å². The van der Waals surface area contributed by atoms with E-state index in [9.17, 15) is 13.2 Å². The molecule has 0 radical (unpaired) electrons. The number of aryl methyl sites for hydroxylation is 1. The van der Waals surface area contributed by atoms with E-state index in [2.05, 4.69) is 5.32 Å². The smallest absolute Gasteiger partial charge is 0.241 e. The molecule has 0 fully saturated rings. The number of hydrogen-bond donors (Lipinski definition) is 1. The number of amides is 1. The number of rotatable bonds is 9. The van der Waals surface area contributed by atoms with Gasteiger partial charge in [0, 0.05) is 6.07 Å². The molecule has 1 atom stereocenters. The standard InChI is InChI=1S/C22H28N2O6S/c1-5-18(16-7-9-19(28-4)15(3)11-16)23-22(25)13-24(31(26,27)6-2)17-8-10-20-21(12-17)30-14-29-20/h7-12,18H,5-6,13-14H2,1-4H3,(H,23,25). The minimum absolute atomic E-state index is 0.0826. The van der Waals surface area contributed by atoms with E-state index in [1.54, 1.807) is 32.2 Å². The van der Waals surface area contributed by atoms with E-state index in [-0.39, 0.29) is 25.1 Å². The van der Waals surface area contributed by atoms with Gasteiger partial charge in [-0.1, -0.05) is 19.1 Å². The summed E-state index contributed by atoms with van der Waals surface area (Å²) in [5, 5.41) is 2.95. The zero-order valence-corrected chi connectivity index (χ0v) is 19.0. The van der Waals surface area contributed by atoms with Gasteiger partial charge in [0.25, 0.3) is 0 Å². The normalized spacial score (nSPS) is 13.5. The number of methoxy groups -OCH3 is 1. The molecule has 31 heavy (non-hydrogen) atoms. The average Bonchev–Trinajstić information content (AvgIpc) is 3.23. The maximum absolute atomic E-state index is 12.9. The predicted octanol–water partition coefficient (Wildman–Crippen LogP) is 3.16. The van der Waals surface area contributed by atoms with Crippen molar-refractivity contribution in [2.45, 2.75) is 33.2 Å². The summed E-state index contributed by atoms with van der Waals surface area (Å²) in [6.07, 6.45) is 0.655. The molecule has 0 aliphatic carbocycles. The van der Waals surface area contributed by atoms with Gasteiger partial charge < -0.3 is 19.5 Å². The van der Waals surface area contributed by atoms with Crippen molar-refractivity contribution in [2.24, 2.45) is 0 Å². The van der Waals surface area contributed by atoms with Crippen molar-refractivity contribution in [1.82, 2.24) is 5.32 Å². The third kappa shape index (κ3) is 5.04. The van der Waals surface area contributed by atoms with Gasteiger partial charge in [-0.05, 0) is 49.6 Å². The first kappa shape index (κ1) is 22.7. The van der Waals surface area contributed by atoms with Gasteiger partial charge in [0.1, 0.15) is 12.3 Å². The molecule has 1 N–H and O–H groups in total. The van der Waals surface area contributed by atoms with Crippen molar-refractivity contribution in [3.05, 3.63) is 47.5 Å². The Morgan fingerprint density at radius 1 is 1.16 bits per heavy atom. The van der Waals surface area contributed by atoms with Crippen LogP contribution in [0.3, 0.4) is 0 Å². The number of carbonyl (C=O) groups excluding carboxylic acids is 1. The lowest BCUT2D eigenvalue weighted by atomic mass is 10.0. The van der Waals surface area contributed by atoms with Crippen LogP contribution in [0.5, 0.6) is 17.2 Å². The predicted molar refractivity (Wildman–Crippen MR) is 118 cm³/mol. The van der Waals surface area contributed by atoms with Gasteiger partial charge in [-0.25, -0.2) is 8.42 Å². The van der Waals surface area contributed by atoms with Crippen LogP contribution in [0.2, 0.25) is 0 Å². The number of hydrogen-bond acceptors (Lipinski definition) is 6. The lowest BCUT2D eigenvalue weighted by Gasteiger charge is -2.25. The highest BCUT2D eigenvalue weighted by Gasteiger charge is 2.26. The molecular weight excluding hydrogens is 420 g/mol. The van der Waals surface area contributed by atoms with Crippen molar-refractivity contribution in [3.63, 3.8) is 0 Å². The quantitative estimate of drug-likeness (QED) is 0.633. The Bertz CT molecular complexity index is 1050. The second-order valence-corrected chi connectivity index (χ2v) is 9.38. The number of ether oxygens (including phenoxy) is 3. The summed E-state index contributed by atoms with van der Waals surface area (Å²) >= 11 is 0. The molecule has 1 amide bonds. The molecule has 3 rings (SSSR count). The third-order valence-electron chi connectivity index (χ3n) is 5.20. The molecule has 0 aromatic heterocycles. The summed E-state index contributed by atoms with van der Waals surface area (Å²) in [5.74, 6) is 1.24. The maximum Gasteiger partial charge on any atom is 0.241 e. The molecule has 2 aromatic carbocycles. The Morgan fingerprint density at radius 2 is 1.90 bits per heavy atom. The highest BCUT2D eigenvalue weighted by atomic mass is 32.2. The number of carbonyl (C=O) groups is 1. The monoisotopic (exact) mass is 448 g/mol. The maximum atomic E-state index is 12.9. The van der Waals surface area contributed by atoms with E-state index in [0.717, 1.165) is 21.2 Å². The fraction of sp³-hybridized carbons (Fsp3) is 0.409. The van der Waals surface area contributed by atoms with Gasteiger partial charge in [-0.15, -0.1) is 0 Å². The van der Waals surface area contributed by atoms with E-state index in [0.29, 0.717) is 23.6 Å². The highest BCUT2D eigenvalue weighted by Crippen LogP contribution is 2.36. The Labute approximate surface area is 183 Å². The Kier molecular flexibility index (Phi) is 6.94. The van der Waals surface area contributed by atoms with E-state index in [1.165, 1.54) is 0 Å². The summed E-state index contributed by atoms with van der Waals surface area (Å²) in [4.78, 5) is 12.9. The molecule has 0 saturated carbocycles. The summed E-state index contributed by atoms with van der Waals surface area (Å²) in [5.41, 5.74) is 2.25. The van der Waals surface area contributed by atoms with Crippen LogP contribution in [0.15, 0.2) is 36.4 Å². The van der Waals surface area contributed by atoms with Crippen LogP contribution in [0.25, 0.3) is 0 Å². The van der Waals surface area contributed by atoms with Gasteiger partial charge in [0.15, 0.2) is 11.5 Å². The molecule has 1 unspecified atom stereocenters. The van der Waals surface area contributed by atoms with E-state index < -0.39 is 15.9 Å². The van der Waals surface area contributed by atoms with Crippen molar-refractivity contribution < 1.29 is 27.4 Å². The Morgan fingerprint density at radius 3 is 2.55 bits per heavy atom. The molecule has 2 aromatic rings. The second kappa shape index (κ2) is 9.47. The number of sulfonamides is 1. The van der Waals surface area contributed by atoms with Crippen LogP contribution in [0, 0.1) is 6.92 Å². The molecule has 8 nitrogen and oxygen atoms in total. The van der Waals surface area contributed by atoms with Gasteiger partial charge in [-0.2, -0.15) is 0 Å². The first-order chi connectivity index (χ1) is 14.8. The lowest BCUT2D eigenvalue weighted by molar-refractivity contribution is -0.120. The number of benzene rings is 2. The fourth-order valence-electron chi connectivity index (χ4n) is 3.46. The molecular formula is C22H28N2O6S. The van der Waals surface area contributed by atoms with E-state index in [1.807, 2.05) is 32.0 Å². The molecule has 1 heterocycles. The number of anilines is 1. The molecule has 9 heteroatoms. The summed E-state index contributed by atoms with van der Waals surface area (Å²) in [7, 11) is -2.08. The molecule has 0 saturated heterocycles. The molecule has 168 valence electrons. The number of nitrogens with one attached hydrogen (secondary N) is 1. The van der Waals surface area contributed by atoms with Crippen LogP contribution < -0.4 is 23.8 Å². The zero-order valence-electron chi connectivity index (χ0n) is 18.2. The lowest BCUT2D eigenvalue weighted by Crippen LogP contribution is -2.42. The van der Waals surface area contributed by atoms with Crippen molar-refractivity contribution in [1.29, 1.82) is 0 Å². The zero-order chi connectivity index (χ0) is 22.6. The third-order valence-corrected chi connectivity index (χ3v) is 6.94. The van der Waals surface area contributed by atoms with Gasteiger partial charge in [0.2, 0.25) is 22.7 Å². The summed E-state index contributed by atoms with van der Waals surface area (Å²) in [6, 6.07) is 10.3. The van der Waals surface area contributed by atoms with Gasteiger partial charge in [0.05, 0.1) is 24.6 Å². The SMILES string of the molecule is CCC(NC(=O)CN(c1ccc2c(c1)OCO2)S(=O)(=O)CC)c1ccc(OC)c(C)c1. The molecule has 1 aliphatic heterocycles. The molecule has 1 aliphatic rings. The van der Waals surface area contributed by atoms with Crippen LogP contribution in [0.4, 0.5) is 5.69 Å². The summed E-state index contributed by atoms with van der Waals surface area (Å²) < 4.78 is 42.5. The minimum Gasteiger partial charge on any atom is -0.496 e. The van der Waals surface area contributed by atoms with Crippen LogP contribution in [-0.2, 0) is 14.8 Å². The van der Waals surface area contributed by atoms with E-state index in [4.69, 9.17) is 14.2 Å². The van der Waals surface area contributed by atoms with E-state index >= 15 is 0 Å². The van der Waals surface area contributed by atoms with Crippen molar-refractivity contribution in [2.75, 3.05) is 30.5 Å². The highest BCUT2D eigenvalue weighted by molar-refractivity contribution is 7.92. The van der Waals surface area contributed by atoms with Crippen molar-refractivity contribution in [3.8, 4) is 17.2 Å². The van der Waals surface area contributed by atoms with Crippen LogP contribution in [-0.4, -0.2) is 40.5 Å². The first-order valence-corrected chi connectivity index (χ1v) is 11.7. The second-order valence-electron chi connectivity index (χ2n) is 7.20. The molecule has 0 spiro atoms. The largest absolute Gasteiger partial charge is 0.496 e. The van der Waals surface area contributed by atoms with Gasteiger partial charge in [-0.3, -0.25) is 9.10 Å². The fourth-order valence-corrected chi connectivity index (χ4v) is 4.52. The molecule has 0 bridgehead atoms. The van der Waals surface area contributed by atoms with Crippen LogP contribution >= 0.6 is 0 Å². The average molecular weight is 449 g/mol. The Hall–Kier alpha value is -2.94. The Balaban J connectivity index is 1.81. The summed E-state index contributed by atoms with van der Waals surface area (Å²) in [6.45, 7) is 5.19. The number of fused-ring (bicyclic) bond motifs is 1. The first-order valence-electron chi connectivity index (χ1n) is 10.1. The van der Waals surface area contributed by atoms with Gasteiger partial charge >= 0.3 is 0 Å². The number of nitrogens with zero attached hydrogens (tertiary/aromatic N) is 1. The van der Waals surface area contributed by atoms with Crippen molar-refractivity contribution >= 4 is 21.6 Å². The van der Waals surface area contributed by atoms with Crippen LogP contribution in [0.1, 0.15) is 37.4 Å².